The molecule has 2 rings (SSSR count). The number of carbonyl (C=O) groups is 2. The van der Waals surface area contributed by atoms with Crippen LogP contribution in [-0.2, 0) is 9.59 Å². The van der Waals surface area contributed by atoms with E-state index in [0.717, 1.165) is 27.4 Å². The second-order valence-electron chi connectivity index (χ2n) is 4.43. The standard InChI is InChI=1S/C16H13BrO3S/c1-10(18)21-15(16(19)20)12-8-6-11(7-9-12)13-4-2-3-5-14(13)17/h2-9,15H,1H3,(H,19,20). The van der Waals surface area contributed by atoms with E-state index in [1.165, 1.54) is 6.92 Å². The van der Waals surface area contributed by atoms with Crippen LogP contribution in [0.5, 0.6) is 0 Å². The van der Waals surface area contributed by atoms with E-state index in [2.05, 4.69) is 15.9 Å². The molecule has 21 heavy (non-hydrogen) atoms. The van der Waals surface area contributed by atoms with Gasteiger partial charge in [0.1, 0.15) is 5.25 Å². The molecule has 5 heteroatoms. The Labute approximate surface area is 135 Å². The van der Waals surface area contributed by atoms with Crippen molar-refractivity contribution in [3.05, 3.63) is 58.6 Å². The quantitative estimate of drug-likeness (QED) is 0.866. The number of aliphatic carboxylic acids is 1. The monoisotopic (exact) mass is 364 g/mol. The van der Waals surface area contributed by atoms with Gasteiger partial charge < -0.3 is 5.11 Å². The van der Waals surface area contributed by atoms with Gasteiger partial charge in [-0.25, -0.2) is 0 Å². The summed E-state index contributed by atoms with van der Waals surface area (Å²) in [5.41, 5.74) is 2.64. The summed E-state index contributed by atoms with van der Waals surface area (Å²) in [6.07, 6.45) is 0. The van der Waals surface area contributed by atoms with Crippen molar-refractivity contribution >= 4 is 38.8 Å². The molecule has 0 aromatic heterocycles. The van der Waals surface area contributed by atoms with E-state index in [4.69, 9.17) is 0 Å². The van der Waals surface area contributed by atoms with Crippen LogP contribution >= 0.6 is 27.7 Å². The Morgan fingerprint density at radius 2 is 1.71 bits per heavy atom. The summed E-state index contributed by atoms with van der Waals surface area (Å²) in [4.78, 5) is 22.4. The number of hydrogen-bond donors (Lipinski definition) is 1. The number of carboxylic acid groups (broad SMARTS) is 1. The summed E-state index contributed by atoms with van der Waals surface area (Å²) in [7, 11) is 0. The number of carbonyl (C=O) groups excluding carboxylic acids is 1. The summed E-state index contributed by atoms with van der Waals surface area (Å²) in [5.74, 6) is -1.01. The minimum absolute atomic E-state index is 0.211. The second-order valence-corrected chi connectivity index (χ2v) is 6.57. The lowest BCUT2D eigenvalue weighted by molar-refractivity contribution is -0.136. The number of carboxylic acids is 1. The van der Waals surface area contributed by atoms with Gasteiger partial charge >= 0.3 is 5.97 Å². The van der Waals surface area contributed by atoms with E-state index in [-0.39, 0.29) is 5.12 Å². The maximum absolute atomic E-state index is 11.3. The van der Waals surface area contributed by atoms with E-state index in [0.29, 0.717) is 5.56 Å². The third kappa shape index (κ3) is 3.95. The van der Waals surface area contributed by atoms with E-state index >= 15 is 0 Å². The van der Waals surface area contributed by atoms with Gasteiger partial charge in [-0.1, -0.05) is 70.2 Å². The lowest BCUT2D eigenvalue weighted by atomic mass is 10.0. The van der Waals surface area contributed by atoms with Crippen molar-refractivity contribution in [1.29, 1.82) is 0 Å². The first-order valence-corrected chi connectivity index (χ1v) is 7.91. The summed E-state index contributed by atoms with van der Waals surface area (Å²) in [6, 6.07) is 15.1. The minimum atomic E-state index is -1.01. The Bertz CT molecular complexity index is 667. The molecule has 2 aromatic carbocycles. The Hall–Kier alpha value is -1.59. The molecule has 0 saturated carbocycles. The molecule has 0 bridgehead atoms. The normalized spacial score (nSPS) is 11.9. The van der Waals surface area contributed by atoms with Crippen LogP contribution in [0.15, 0.2) is 53.0 Å². The molecule has 0 amide bonds. The van der Waals surface area contributed by atoms with Gasteiger partial charge in [0.15, 0.2) is 5.12 Å². The van der Waals surface area contributed by atoms with Crippen molar-refractivity contribution in [3.8, 4) is 11.1 Å². The number of thioether (sulfide) groups is 1. The molecule has 1 unspecified atom stereocenters. The lowest BCUT2D eigenvalue weighted by Crippen LogP contribution is -2.09. The van der Waals surface area contributed by atoms with Gasteiger partial charge in [0, 0.05) is 11.4 Å². The average Bonchev–Trinajstić information content (AvgIpc) is 2.45. The Kier molecular flexibility index (Phi) is 5.20. The molecule has 1 N–H and O–H groups in total. The summed E-state index contributed by atoms with van der Waals surface area (Å²) < 4.78 is 0.977. The van der Waals surface area contributed by atoms with Crippen molar-refractivity contribution in [2.75, 3.05) is 0 Å². The van der Waals surface area contributed by atoms with Crippen LogP contribution in [0.2, 0.25) is 0 Å². The maximum Gasteiger partial charge on any atom is 0.321 e. The summed E-state index contributed by atoms with van der Waals surface area (Å²) in [6.45, 7) is 1.37. The van der Waals surface area contributed by atoms with Gasteiger partial charge in [-0.15, -0.1) is 0 Å². The molecule has 0 aliphatic rings. The fraction of sp³-hybridized carbons (Fsp3) is 0.125. The number of halogens is 1. The Morgan fingerprint density at radius 3 is 2.24 bits per heavy atom. The zero-order valence-electron chi connectivity index (χ0n) is 11.2. The minimum Gasteiger partial charge on any atom is -0.480 e. The van der Waals surface area contributed by atoms with Crippen LogP contribution in [0.4, 0.5) is 0 Å². The van der Waals surface area contributed by atoms with Crippen LogP contribution in [0.3, 0.4) is 0 Å². The first-order valence-electron chi connectivity index (χ1n) is 6.24. The first-order chi connectivity index (χ1) is 9.99. The van der Waals surface area contributed by atoms with Gasteiger partial charge in [-0.3, -0.25) is 9.59 Å². The highest BCUT2D eigenvalue weighted by atomic mass is 79.9. The van der Waals surface area contributed by atoms with Crippen molar-refractivity contribution in [2.24, 2.45) is 0 Å². The van der Waals surface area contributed by atoms with Gasteiger partial charge in [0.25, 0.3) is 0 Å². The molecule has 3 nitrogen and oxygen atoms in total. The number of rotatable bonds is 4. The van der Waals surface area contributed by atoms with E-state index in [9.17, 15) is 14.7 Å². The van der Waals surface area contributed by atoms with Crippen molar-refractivity contribution < 1.29 is 14.7 Å². The predicted octanol–water partition coefficient (Wildman–Crippen LogP) is 4.52. The Balaban J connectivity index is 2.32. The van der Waals surface area contributed by atoms with Crippen LogP contribution in [0.1, 0.15) is 17.7 Å². The fourth-order valence-corrected chi connectivity index (χ4v) is 3.20. The zero-order chi connectivity index (χ0) is 15.4. The lowest BCUT2D eigenvalue weighted by Gasteiger charge is -2.11. The molecule has 0 fully saturated rings. The summed E-state index contributed by atoms with van der Waals surface area (Å²) in [5, 5.41) is 8.15. The van der Waals surface area contributed by atoms with E-state index in [1.54, 1.807) is 12.1 Å². The molecule has 0 saturated heterocycles. The van der Waals surface area contributed by atoms with Gasteiger partial charge in [-0.05, 0) is 22.8 Å². The number of benzene rings is 2. The zero-order valence-corrected chi connectivity index (χ0v) is 13.6. The van der Waals surface area contributed by atoms with Crippen LogP contribution in [-0.4, -0.2) is 16.2 Å². The molecule has 0 spiro atoms. The highest BCUT2D eigenvalue weighted by Gasteiger charge is 2.22. The van der Waals surface area contributed by atoms with E-state index in [1.807, 2.05) is 36.4 Å². The molecule has 108 valence electrons. The Morgan fingerprint density at radius 1 is 1.10 bits per heavy atom. The van der Waals surface area contributed by atoms with Gasteiger partial charge in [0.2, 0.25) is 0 Å². The smallest absolute Gasteiger partial charge is 0.321 e. The summed E-state index contributed by atoms with van der Waals surface area (Å²) >= 11 is 4.31. The molecule has 0 radical (unpaired) electrons. The first kappa shape index (κ1) is 15.8. The third-order valence-corrected chi connectivity index (χ3v) is 4.64. The number of hydrogen-bond acceptors (Lipinski definition) is 3. The van der Waals surface area contributed by atoms with E-state index < -0.39 is 11.2 Å². The topological polar surface area (TPSA) is 54.4 Å². The molecular weight excluding hydrogens is 352 g/mol. The largest absolute Gasteiger partial charge is 0.480 e. The van der Waals surface area contributed by atoms with Crippen LogP contribution in [0.25, 0.3) is 11.1 Å². The second kappa shape index (κ2) is 6.91. The van der Waals surface area contributed by atoms with Gasteiger partial charge in [0.05, 0.1) is 0 Å². The fourth-order valence-electron chi connectivity index (χ4n) is 1.96. The average molecular weight is 365 g/mol. The van der Waals surface area contributed by atoms with Crippen LogP contribution in [0, 0.1) is 0 Å². The molecule has 2 aromatic rings. The molecular formula is C16H13BrO3S. The predicted molar refractivity (Wildman–Crippen MR) is 88.2 cm³/mol. The van der Waals surface area contributed by atoms with Crippen molar-refractivity contribution in [2.45, 2.75) is 12.2 Å². The van der Waals surface area contributed by atoms with Crippen molar-refractivity contribution in [3.63, 3.8) is 0 Å². The highest BCUT2D eigenvalue weighted by Crippen LogP contribution is 2.33. The molecule has 1 atom stereocenters. The maximum atomic E-state index is 11.3. The molecule has 0 heterocycles. The van der Waals surface area contributed by atoms with Crippen molar-refractivity contribution in [1.82, 2.24) is 0 Å². The highest BCUT2D eigenvalue weighted by molar-refractivity contribution is 9.10. The van der Waals surface area contributed by atoms with Gasteiger partial charge in [-0.2, -0.15) is 0 Å². The third-order valence-electron chi connectivity index (χ3n) is 2.91. The molecule has 0 aliphatic carbocycles. The van der Waals surface area contributed by atoms with Crippen LogP contribution < -0.4 is 0 Å². The molecule has 0 aliphatic heterocycles. The SMILES string of the molecule is CC(=O)SC(C(=O)O)c1ccc(-c2ccccc2Br)cc1.